The summed E-state index contributed by atoms with van der Waals surface area (Å²) in [5.41, 5.74) is 2.96. The van der Waals surface area contributed by atoms with E-state index in [9.17, 15) is 4.79 Å². The summed E-state index contributed by atoms with van der Waals surface area (Å²) in [6.07, 6.45) is 3.70. The van der Waals surface area contributed by atoms with Crippen molar-refractivity contribution in [2.75, 3.05) is 0 Å². The second kappa shape index (κ2) is 8.28. The van der Waals surface area contributed by atoms with Gasteiger partial charge in [-0.2, -0.15) is 0 Å². The fraction of sp³-hybridized carbons (Fsp3) is 0.286. The third kappa shape index (κ3) is 4.20. The van der Waals surface area contributed by atoms with E-state index in [2.05, 4.69) is 9.19 Å². The van der Waals surface area contributed by atoms with Crippen LogP contribution in [0, 0.1) is 0 Å². The van der Waals surface area contributed by atoms with Gasteiger partial charge in [0.05, 0.1) is 0 Å². The van der Waals surface area contributed by atoms with Crippen LogP contribution in [0.15, 0.2) is 48.5 Å². The molecule has 2 aromatic carbocycles. The zero-order valence-corrected chi connectivity index (χ0v) is 17.8. The first kappa shape index (κ1) is 18.9. The number of nitrogens with zero attached hydrogens (tertiary/aromatic N) is 2. The number of carbonyl (C=O) groups is 1. The first-order chi connectivity index (χ1) is 13.1. The molecule has 6 heteroatoms. The van der Waals surface area contributed by atoms with Gasteiger partial charge in [0, 0.05) is 0 Å². The van der Waals surface area contributed by atoms with Crippen molar-refractivity contribution in [3.05, 3.63) is 79.8 Å². The quantitative estimate of drug-likeness (QED) is 0.380. The van der Waals surface area contributed by atoms with E-state index in [-0.39, 0.29) is 32.4 Å². The second-order valence-corrected chi connectivity index (χ2v) is 9.50. The molecule has 0 aliphatic heterocycles. The Morgan fingerprint density at radius 3 is 2.44 bits per heavy atom. The van der Waals surface area contributed by atoms with Crippen molar-refractivity contribution in [2.45, 2.75) is 37.5 Å². The standard InChI is InChI=1S/C21H18Cl2N2OSe/c22-15-8-4-13(5-9-15)18(12-19(26)14-6-10-16(23)11-7-14)17-2-1-3-20-21(17)24-25-27-20/h4-11,17-18H,1-3,12H2/t17-,18-/m0/s1. The number of hydrogen-bond acceptors (Lipinski definition) is 3. The van der Waals surface area contributed by atoms with Crippen molar-refractivity contribution in [1.29, 1.82) is 0 Å². The van der Waals surface area contributed by atoms with E-state index in [1.54, 1.807) is 24.3 Å². The monoisotopic (exact) mass is 464 g/mol. The Kier molecular flexibility index (Phi) is 5.79. The molecular weight excluding hydrogens is 446 g/mol. The van der Waals surface area contributed by atoms with E-state index >= 15 is 0 Å². The van der Waals surface area contributed by atoms with Crippen LogP contribution in [0.25, 0.3) is 0 Å². The molecule has 0 spiro atoms. The first-order valence-corrected chi connectivity index (χ1v) is 11.3. The number of carbonyl (C=O) groups excluding carboxylic acids is 1. The summed E-state index contributed by atoms with van der Waals surface area (Å²) in [7, 11) is 0. The number of hydrogen-bond donors (Lipinski definition) is 0. The molecule has 1 heterocycles. The van der Waals surface area contributed by atoms with Crippen LogP contribution in [0.3, 0.4) is 0 Å². The van der Waals surface area contributed by atoms with Gasteiger partial charge in [0.1, 0.15) is 0 Å². The number of halogens is 2. The van der Waals surface area contributed by atoms with Crippen molar-refractivity contribution >= 4 is 43.7 Å². The molecule has 1 aliphatic rings. The maximum absolute atomic E-state index is 13.0. The zero-order chi connectivity index (χ0) is 18.8. The minimum absolute atomic E-state index is 0.0728. The molecule has 27 heavy (non-hydrogen) atoms. The summed E-state index contributed by atoms with van der Waals surface area (Å²) in [6, 6.07) is 15.0. The summed E-state index contributed by atoms with van der Waals surface area (Å²) < 4.78 is 5.71. The summed E-state index contributed by atoms with van der Waals surface area (Å²) in [6.45, 7) is 0. The Morgan fingerprint density at radius 1 is 1.07 bits per heavy atom. The molecule has 0 N–H and O–H groups in total. The van der Waals surface area contributed by atoms with Crippen LogP contribution in [-0.4, -0.2) is 29.7 Å². The van der Waals surface area contributed by atoms with E-state index in [1.165, 1.54) is 4.44 Å². The third-order valence-electron chi connectivity index (χ3n) is 5.21. The molecule has 3 nitrogen and oxygen atoms in total. The van der Waals surface area contributed by atoms with Crippen molar-refractivity contribution in [3.63, 3.8) is 0 Å². The van der Waals surface area contributed by atoms with E-state index in [4.69, 9.17) is 23.2 Å². The van der Waals surface area contributed by atoms with Gasteiger partial charge in [-0.15, -0.1) is 0 Å². The predicted molar refractivity (Wildman–Crippen MR) is 109 cm³/mol. The van der Waals surface area contributed by atoms with Gasteiger partial charge in [-0.25, -0.2) is 0 Å². The van der Waals surface area contributed by atoms with Gasteiger partial charge >= 0.3 is 175 Å². The number of aromatic nitrogens is 2. The Bertz CT molecular complexity index is 938. The van der Waals surface area contributed by atoms with Crippen LogP contribution in [0.4, 0.5) is 0 Å². The molecule has 138 valence electrons. The molecule has 0 saturated heterocycles. The van der Waals surface area contributed by atoms with E-state index in [0.29, 0.717) is 22.0 Å². The third-order valence-corrected chi connectivity index (χ3v) is 7.39. The topological polar surface area (TPSA) is 42.9 Å². The summed E-state index contributed by atoms with van der Waals surface area (Å²) in [5.74, 6) is 0.433. The van der Waals surface area contributed by atoms with Gasteiger partial charge in [0.15, 0.2) is 0 Å². The second-order valence-electron chi connectivity index (χ2n) is 6.87. The number of aryl methyl sites for hydroxylation is 1. The van der Waals surface area contributed by atoms with Crippen molar-refractivity contribution in [2.24, 2.45) is 0 Å². The van der Waals surface area contributed by atoms with E-state index < -0.39 is 0 Å². The van der Waals surface area contributed by atoms with Gasteiger partial charge in [0.25, 0.3) is 0 Å². The van der Waals surface area contributed by atoms with Crippen molar-refractivity contribution in [3.8, 4) is 0 Å². The number of Topliss-reactive ketones (excluding diaryl/α,β-unsaturated/α-hetero) is 1. The Morgan fingerprint density at radius 2 is 1.74 bits per heavy atom. The van der Waals surface area contributed by atoms with Gasteiger partial charge in [-0.1, -0.05) is 0 Å². The molecule has 1 aromatic heterocycles. The number of ketones is 1. The number of rotatable bonds is 5. The van der Waals surface area contributed by atoms with Crippen molar-refractivity contribution in [1.82, 2.24) is 9.19 Å². The molecule has 0 radical (unpaired) electrons. The summed E-state index contributed by atoms with van der Waals surface area (Å²) in [5, 5.41) is 5.81. The average Bonchev–Trinajstić information content (AvgIpc) is 3.16. The number of benzene rings is 2. The van der Waals surface area contributed by atoms with Gasteiger partial charge < -0.3 is 0 Å². The predicted octanol–water partition coefficient (Wildman–Crippen LogP) is 5.32. The molecule has 0 amide bonds. The van der Waals surface area contributed by atoms with Crippen LogP contribution >= 0.6 is 23.2 Å². The Hall–Kier alpha value is -1.45. The van der Waals surface area contributed by atoms with Crippen LogP contribution in [-0.2, 0) is 6.42 Å². The Labute approximate surface area is 174 Å². The van der Waals surface area contributed by atoms with Gasteiger partial charge in [-0.05, 0) is 0 Å². The first-order valence-electron chi connectivity index (χ1n) is 8.97. The molecule has 0 unspecified atom stereocenters. The Balaban J connectivity index is 1.68. The molecule has 3 aromatic rings. The van der Waals surface area contributed by atoms with Crippen LogP contribution in [0.1, 0.15) is 57.2 Å². The maximum atomic E-state index is 13.0. The number of fused-ring (bicyclic) bond motifs is 1. The van der Waals surface area contributed by atoms with Crippen LogP contribution < -0.4 is 0 Å². The normalized spacial score (nSPS) is 17.3. The summed E-state index contributed by atoms with van der Waals surface area (Å²) >= 11 is 12.2. The zero-order valence-electron chi connectivity index (χ0n) is 14.6. The van der Waals surface area contributed by atoms with Gasteiger partial charge in [0.2, 0.25) is 0 Å². The molecule has 1 aliphatic carbocycles. The van der Waals surface area contributed by atoms with Gasteiger partial charge in [-0.3, -0.25) is 0 Å². The fourth-order valence-electron chi connectivity index (χ4n) is 3.84. The fourth-order valence-corrected chi connectivity index (χ4v) is 5.66. The SMILES string of the molecule is O=C(C[C@@H](c1ccc(Cl)cc1)[C@@H]1CCCc2[se]nnc21)c1ccc(Cl)cc1. The molecular formula is C21H18Cl2N2OSe. The van der Waals surface area contributed by atoms with Crippen molar-refractivity contribution < 1.29 is 4.79 Å². The minimum atomic E-state index is 0.0728. The molecule has 0 bridgehead atoms. The van der Waals surface area contributed by atoms with E-state index in [0.717, 1.165) is 30.5 Å². The van der Waals surface area contributed by atoms with Crippen LogP contribution in [0.2, 0.25) is 10.0 Å². The summed E-state index contributed by atoms with van der Waals surface area (Å²) in [4.78, 5) is 13.0. The van der Waals surface area contributed by atoms with Crippen LogP contribution in [0.5, 0.6) is 0 Å². The van der Waals surface area contributed by atoms with E-state index in [1.807, 2.05) is 24.3 Å². The molecule has 4 rings (SSSR count). The average molecular weight is 464 g/mol. The molecule has 0 saturated carbocycles. The molecule has 0 fully saturated rings. The molecule has 2 atom stereocenters.